The molecule has 1 aromatic heterocycles. The summed E-state index contributed by atoms with van der Waals surface area (Å²) in [7, 11) is 1.76. The second-order valence-corrected chi connectivity index (χ2v) is 6.24. The van der Waals surface area contributed by atoms with Gasteiger partial charge in [0.1, 0.15) is 12.0 Å². The number of likely N-dealkylation sites (tertiary alicyclic amines) is 1. The molecule has 7 heteroatoms. The van der Waals surface area contributed by atoms with Crippen molar-refractivity contribution in [1.29, 1.82) is 0 Å². The van der Waals surface area contributed by atoms with Crippen LogP contribution in [0.4, 0.5) is 0 Å². The highest BCUT2D eigenvalue weighted by atomic mass is 127. The normalized spacial score (nSPS) is 17.2. The number of ether oxygens (including phenoxy) is 1. The van der Waals surface area contributed by atoms with E-state index in [9.17, 15) is 0 Å². The molecule has 1 atom stereocenters. The highest BCUT2D eigenvalue weighted by Crippen LogP contribution is 2.19. The second-order valence-electron chi connectivity index (χ2n) is 6.24. The van der Waals surface area contributed by atoms with Gasteiger partial charge in [0.2, 0.25) is 5.89 Å². The number of hydrogen-bond donors (Lipinski definition) is 1. The summed E-state index contributed by atoms with van der Waals surface area (Å²) in [5.41, 5.74) is 1.81. The predicted molar refractivity (Wildman–Crippen MR) is 114 cm³/mol. The predicted octanol–water partition coefficient (Wildman–Crippen LogP) is 3.39. The average molecular weight is 470 g/mol. The summed E-state index contributed by atoms with van der Waals surface area (Å²) >= 11 is 0. The molecule has 1 aliphatic rings. The average Bonchev–Trinajstić information content (AvgIpc) is 3.29. The second kappa shape index (κ2) is 10.5. The fourth-order valence-corrected chi connectivity index (χ4v) is 3.07. The molecule has 0 radical (unpaired) electrons. The van der Waals surface area contributed by atoms with Crippen LogP contribution in [0.3, 0.4) is 0 Å². The third-order valence-electron chi connectivity index (χ3n) is 4.29. The van der Waals surface area contributed by atoms with E-state index in [1.165, 1.54) is 0 Å². The van der Waals surface area contributed by atoms with Gasteiger partial charge < -0.3 is 19.4 Å². The molecule has 1 aliphatic heterocycles. The monoisotopic (exact) mass is 470 g/mol. The van der Waals surface area contributed by atoms with Crippen LogP contribution in [0.5, 0.6) is 0 Å². The molecule has 2 aromatic rings. The molecular formula is C19H27IN4O2. The number of oxazole rings is 1. The van der Waals surface area contributed by atoms with Crippen LogP contribution in [-0.2, 0) is 11.3 Å². The van der Waals surface area contributed by atoms with Crippen molar-refractivity contribution in [1.82, 2.24) is 15.2 Å². The van der Waals surface area contributed by atoms with Crippen molar-refractivity contribution < 1.29 is 9.15 Å². The topological polar surface area (TPSA) is 62.9 Å². The van der Waals surface area contributed by atoms with Crippen molar-refractivity contribution in [3.8, 4) is 11.5 Å². The van der Waals surface area contributed by atoms with Gasteiger partial charge in [-0.25, -0.2) is 9.98 Å². The highest BCUT2D eigenvalue weighted by Gasteiger charge is 2.24. The van der Waals surface area contributed by atoms with Gasteiger partial charge in [0.15, 0.2) is 5.96 Å². The lowest BCUT2D eigenvalue weighted by atomic mass is 10.1. The van der Waals surface area contributed by atoms with Gasteiger partial charge in [-0.2, -0.15) is 0 Å². The quantitative estimate of drug-likeness (QED) is 0.399. The molecule has 0 saturated carbocycles. The van der Waals surface area contributed by atoms with Crippen molar-refractivity contribution in [3.63, 3.8) is 0 Å². The first-order valence-electron chi connectivity index (χ1n) is 8.82. The van der Waals surface area contributed by atoms with Gasteiger partial charge >= 0.3 is 0 Å². The summed E-state index contributed by atoms with van der Waals surface area (Å²) in [6, 6.07) is 9.91. The van der Waals surface area contributed by atoms with E-state index in [1.807, 2.05) is 30.3 Å². The molecule has 0 spiro atoms. The number of halogens is 1. The molecule has 1 saturated heterocycles. The molecule has 142 valence electrons. The highest BCUT2D eigenvalue weighted by molar-refractivity contribution is 14.0. The number of hydrogen-bond acceptors (Lipinski definition) is 4. The summed E-state index contributed by atoms with van der Waals surface area (Å²) in [4.78, 5) is 11.6. The first kappa shape index (κ1) is 20.7. The lowest BCUT2D eigenvalue weighted by molar-refractivity contribution is 0.157. The van der Waals surface area contributed by atoms with Crippen LogP contribution in [0.2, 0.25) is 0 Å². The van der Waals surface area contributed by atoms with Gasteiger partial charge in [0.25, 0.3) is 0 Å². The summed E-state index contributed by atoms with van der Waals surface area (Å²) in [5, 5.41) is 3.37. The van der Waals surface area contributed by atoms with E-state index in [-0.39, 0.29) is 24.0 Å². The van der Waals surface area contributed by atoms with E-state index in [2.05, 4.69) is 22.1 Å². The molecule has 1 aromatic carbocycles. The van der Waals surface area contributed by atoms with Gasteiger partial charge in [-0.05, 0) is 25.5 Å². The standard InChI is InChI=1S/C19H26N4O2.HI/c1-3-20-19(23-10-9-15(12-23)13-24-2)21-11-17-14-25-18(22-17)16-7-5-4-6-8-16;/h4-8,14-15H,3,9-13H2,1-2H3,(H,20,21);1H. The number of methoxy groups -OCH3 is 1. The Morgan fingerprint density at radius 1 is 1.38 bits per heavy atom. The van der Waals surface area contributed by atoms with E-state index in [1.54, 1.807) is 13.4 Å². The van der Waals surface area contributed by atoms with Crippen molar-refractivity contribution in [3.05, 3.63) is 42.3 Å². The smallest absolute Gasteiger partial charge is 0.226 e. The maximum atomic E-state index is 5.59. The van der Waals surface area contributed by atoms with Crippen molar-refractivity contribution in [2.24, 2.45) is 10.9 Å². The first-order chi connectivity index (χ1) is 12.3. The molecule has 1 fully saturated rings. The molecule has 1 N–H and O–H groups in total. The van der Waals surface area contributed by atoms with Crippen LogP contribution in [-0.4, -0.2) is 49.2 Å². The molecule has 6 nitrogen and oxygen atoms in total. The largest absolute Gasteiger partial charge is 0.444 e. The zero-order chi connectivity index (χ0) is 17.5. The van der Waals surface area contributed by atoms with Gasteiger partial charge in [0.05, 0.1) is 13.2 Å². The number of aliphatic imine (C=N–C) groups is 1. The minimum Gasteiger partial charge on any atom is -0.444 e. The number of benzene rings is 1. The number of guanidine groups is 1. The Morgan fingerprint density at radius 3 is 2.92 bits per heavy atom. The maximum absolute atomic E-state index is 5.59. The van der Waals surface area contributed by atoms with Crippen molar-refractivity contribution >= 4 is 29.9 Å². The fourth-order valence-electron chi connectivity index (χ4n) is 3.07. The third-order valence-corrected chi connectivity index (χ3v) is 4.29. The van der Waals surface area contributed by atoms with E-state index in [4.69, 9.17) is 14.1 Å². The molecule has 0 aliphatic carbocycles. The Morgan fingerprint density at radius 2 is 2.19 bits per heavy atom. The van der Waals surface area contributed by atoms with Crippen molar-refractivity contribution in [2.75, 3.05) is 33.4 Å². The minimum absolute atomic E-state index is 0. The van der Waals surface area contributed by atoms with Crippen LogP contribution in [0.15, 0.2) is 46.0 Å². The van der Waals surface area contributed by atoms with E-state index < -0.39 is 0 Å². The number of nitrogens with zero attached hydrogens (tertiary/aromatic N) is 3. The molecule has 26 heavy (non-hydrogen) atoms. The first-order valence-corrected chi connectivity index (χ1v) is 8.82. The molecule has 0 amide bonds. The molecular weight excluding hydrogens is 443 g/mol. The Hall–Kier alpha value is -1.61. The third kappa shape index (κ3) is 5.44. The Labute approximate surface area is 172 Å². The Bertz CT molecular complexity index is 690. The Balaban J connectivity index is 0.00000243. The zero-order valence-corrected chi connectivity index (χ0v) is 17.7. The molecule has 0 bridgehead atoms. The fraction of sp³-hybridized carbons (Fsp3) is 0.474. The SMILES string of the molecule is CCNC(=NCc1coc(-c2ccccc2)n1)N1CCC(COC)C1.I. The van der Waals surface area contributed by atoms with E-state index in [0.717, 1.165) is 49.9 Å². The lowest BCUT2D eigenvalue weighted by Crippen LogP contribution is -2.40. The van der Waals surface area contributed by atoms with Crippen LogP contribution in [0.25, 0.3) is 11.5 Å². The van der Waals surface area contributed by atoms with Gasteiger partial charge in [-0.1, -0.05) is 18.2 Å². The van der Waals surface area contributed by atoms with Crippen LogP contribution >= 0.6 is 24.0 Å². The Kier molecular flexibility index (Phi) is 8.37. The van der Waals surface area contributed by atoms with E-state index >= 15 is 0 Å². The summed E-state index contributed by atoms with van der Waals surface area (Å²) < 4.78 is 10.9. The summed E-state index contributed by atoms with van der Waals surface area (Å²) in [6.45, 7) is 6.23. The van der Waals surface area contributed by atoms with Crippen LogP contribution < -0.4 is 5.32 Å². The molecule has 1 unspecified atom stereocenters. The maximum Gasteiger partial charge on any atom is 0.226 e. The number of rotatable bonds is 6. The molecule has 2 heterocycles. The zero-order valence-electron chi connectivity index (χ0n) is 15.4. The van der Waals surface area contributed by atoms with Crippen molar-refractivity contribution in [2.45, 2.75) is 19.9 Å². The van der Waals surface area contributed by atoms with Crippen LogP contribution in [0, 0.1) is 5.92 Å². The molecule has 3 rings (SSSR count). The van der Waals surface area contributed by atoms with Gasteiger partial charge in [0, 0.05) is 38.2 Å². The lowest BCUT2D eigenvalue weighted by Gasteiger charge is -2.21. The van der Waals surface area contributed by atoms with Crippen LogP contribution in [0.1, 0.15) is 19.0 Å². The van der Waals surface area contributed by atoms with Gasteiger partial charge in [-0.3, -0.25) is 0 Å². The van der Waals surface area contributed by atoms with E-state index in [0.29, 0.717) is 18.4 Å². The number of aromatic nitrogens is 1. The minimum atomic E-state index is 0. The van der Waals surface area contributed by atoms with Gasteiger partial charge in [-0.15, -0.1) is 24.0 Å². The summed E-state index contributed by atoms with van der Waals surface area (Å²) in [6.07, 6.45) is 2.83. The summed E-state index contributed by atoms with van der Waals surface area (Å²) in [5.74, 6) is 2.15. The number of nitrogens with one attached hydrogen (secondary N) is 1.